The van der Waals surface area contributed by atoms with Crippen molar-refractivity contribution in [2.45, 2.75) is 0 Å². The second-order valence-electron chi connectivity index (χ2n) is 3.91. The lowest BCUT2D eigenvalue weighted by Crippen LogP contribution is -2.39. The van der Waals surface area contributed by atoms with Gasteiger partial charge in [-0.3, -0.25) is 15.1 Å². The Bertz CT molecular complexity index is 681. The van der Waals surface area contributed by atoms with Crippen molar-refractivity contribution in [1.82, 2.24) is 4.90 Å². The van der Waals surface area contributed by atoms with Gasteiger partial charge < -0.3 is 4.42 Å². The predicted molar refractivity (Wildman–Crippen MR) is 71.8 cm³/mol. The van der Waals surface area contributed by atoms with Crippen LogP contribution in [-0.2, 0) is 4.79 Å². The molecule has 0 atom stereocenters. The first-order valence-electron chi connectivity index (χ1n) is 5.47. The van der Waals surface area contributed by atoms with Gasteiger partial charge in [-0.15, -0.1) is 0 Å². The summed E-state index contributed by atoms with van der Waals surface area (Å²) in [5, 5.41) is 8.25. The Kier molecular flexibility index (Phi) is 2.68. The van der Waals surface area contributed by atoms with Crippen molar-refractivity contribution in [1.29, 1.82) is 5.41 Å². The highest BCUT2D eigenvalue weighted by Crippen LogP contribution is 2.22. The molecular weight excluding hydrogens is 266 g/mol. The van der Waals surface area contributed by atoms with Crippen LogP contribution in [0.5, 0.6) is 0 Å². The summed E-state index contributed by atoms with van der Waals surface area (Å²) in [5.41, 5.74) is 0.162. The number of allylic oxidation sites excluding steroid dienone is 2. The first-order valence-corrected chi connectivity index (χ1v) is 5.85. The standard InChI is InChI=1S/C13H8ClN3O2/c14-8-3-4-11-16-12(15)10(13(18)17(11)7-8)6-9-2-1-5-19-9/h1-7,15H/b10-6-,15-12?. The molecule has 1 N–H and O–H groups in total. The molecule has 6 heteroatoms. The van der Waals surface area contributed by atoms with Crippen LogP contribution in [0.15, 0.2) is 56.8 Å². The highest BCUT2D eigenvalue weighted by molar-refractivity contribution is 6.36. The van der Waals surface area contributed by atoms with Crippen LogP contribution in [0.3, 0.4) is 0 Å². The topological polar surface area (TPSA) is 69.7 Å². The second kappa shape index (κ2) is 4.37. The number of hydrogen-bond donors (Lipinski definition) is 1. The maximum absolute atomic E-state index is 12.3. The van der Waals surface area contributed by atoms with Gasteiger partial charge in [0.2, 0.25) is 0 Å². The lowest BCUT2D eigenvalue weighted by molar-refractivity contribution is -0.121. The van der Waals surface area contributed by atoms with Gasteiger partial charge >= 0.3 is 0 Å². The summed E-state index contributed by atoms with van der Waals surface area (Å²) in [7, 11) is 0. The van der Waals surface area contributed by atoms with Gasteiger partial charge in [0.25, 0.3) is 5.91 Å². The zero-order valence-corrected chi connectivity index (χ0v) is 10.4. The summed E-state index contributed by atoms with van der Waals surface area (Å²) in [6.45, 7) is 0. The molecule has 1 aromatic rings. The Morgan fingerprint density at radius 2 is 2.26 bits per heavy atom. The molecule has 0 spiro atoms. The average Bonchev–Trinajstić information content (AvgIpc) is 2.89. The molecule has 5 nitrogen and oxygen atoms in total. The fourth-order valence-corrected chi connectivity index (χ4v) is 1.93. The number of rotatable bonds is 1. The normalized spacial score (nSPS) is 20.5. The van der Waals surface area contributed by atoms with Gasteiger partial charge in [-0.05, 0) is 30.4 Å². The number of fused-ring (bicyclic) bond motifs is 1. The largest absolute Gasteiger partial charge is 0.465 e. The minimum atomic E-state index is -0.353. The van der Waals surface area contributed by atoms with Crippen molar-refractivity contribution in [3.05, 3.63) is 53.1 Å². The van der Waals surface area contributed by atoms with Crippen LogP contribution < -0.4 is 0 Å². The number of hydrogen-bond acceptors (Lipinski definition) is 3. The Hall–Kier alpha value is -2.40. The van der Waals surface area contributed by atoms with E-state index in [1.165, 1.54) is 23.4 Å². The van der Waals surface area contributed by atoms with Crippen LogP contribution in [0.25, 0.3) is 6.08 Å². The first kappa shape index (κ1) is 11.7. The van der Waals surface area contributed by atoms with E-state index in [1.54, 1.807) is 24.3 Å². The van der Waals surface area contributed by atoms with Crippen LogP contribution in [0.4, 0.5) is 0 Å². The van der Waals surface area contributed by atoms with E-state index in [2.05, 4.69) is 4.99 Å². The summed E-state index contributed by atoms with van der Waals surface area (Å²) in [6.07, 6.45) is 7.69. The number of furan rings is 1. The molecule has 0 fully saturated rings. The molecule has 0 bridgehead atoms. The van der Waals surface area contributed by atoms with E-state index < -0.39 is 0 Å². The van der Waals surface area contributed by atoms with E-state index in [0.717, 1.165) is 0 Å². The predicted octanol–water partition coefficient (Wildman–Crippen LogP) is 2.53. The zero-order valence-electron chi connectivity index (χ0n) is 9.63. The summed E-state index contributed by atoms with van der Waals surface area (Å²) in [5.74, 6) is 0.433. The van der Waals surface area contributed by atoms with Gasteiger partial charge in [0.1, 0.15) is 11.6 Å². The fourth-order valence-electron chi connectivity index (χ4n) is 1.77. The molecule has 3 heterocycles. The van der Waals surface area contributed by atoms with Gasteiger partial charge in [-0.2, -0.15) is 0 Å². The van der Waals surface area contributed by atoms with Crippen LogP contribution in [-0.4, -0.2) is 22.5 Å². The summed E-state index contributed by atoms with van der Waals surface area (Å²) < 4.78 is 5.14. The summed E-state index contributed by atoms with van der Waals surface area (Å²) in [6, 6.07) is 3.41. The third kappa shape index (κ3) is 2.04. The maximum Gasteiger partial charge on any atom is 0.267 e. The number of amides is 1. The second-order valence-corrected chi connectivity index (χ2v) is 4.35. The molecule has 1 aromatic heterocycles. The van der Waals surface area contributed by atoms with E-state index in [-0.39, 0.29) is 17.3 Å². The highest BCUT2D eigenvalue weighted by atomic mass is 35.5. The van der Waals surface area contributed by atoms with Crippen LogP contribution in [0, 0.1) is 5.41 Å². The number of halogens is 1. The summed E-state index contributed by atoms with van der Waals surface area (Å²) in [4.78, 5) is 17.7. The van der Waals surface area contributed by atoms with Crippen molar-refractivity contribution in [3.63, 3.8) is 0 Å². The molecule has 94 valence electrons. The molecule has 0 aromatic carbocycles. The number of carbonyl (C=O) groups is 1. The molecule has 0 saturated heterocycles. The van der Waals surface area contributed by atoms with Crippen LogP contribution in [0.1, 0.15) is 5.76 Å². The molecular formula is C13H8ClN3O2. The molecule has 0 saturated carbocycles. The first-order chi connectivity index (χ1) is 9.15. The van der Waals surface area contributed by atoms with Gasteiger partial charge in [0.05, 0.1) is 16.9 Å². The molecule has 0 aliphatic carbocycles. The lowest BCUT2D eigenvalue weighted by atomic mass is 10.1. The Morgan fingerprint density at radius 1 is 1.42 bits per heavy atom. The SMILES string of the molecule is N=C1N=C2C=CC(Cl)=CN2C(=O)/C1=C\c1ccco1. The fraction of sp³-hybridized carbons (Fsp3) is 0. The van der Waals surface area contributed by atoms with Crippen molar-refractivity contribution < 1.29 is 9.21 Å². The Balaban J connectivity index is 2.06. The Morgan fingerprint density at radius 3 is 3.00 bits per heavy atom. The third-order valence-corrected chi connectivity index (χ3v) is 2.87. The minimum absolute atomic E-state index is 0.0938. The average molecular weight is 274 g/mol. The van der Waals surface area contributed by atoms with E-state index in [4.69, 9.17) is 21.4 Å². The van der Waals surface area contributed by atoms with Gasteiger partial charge in [0, 0.05) is 6.20 Å². The molecule has 0 radical (unpaired) electrons. The van der Waals surface area contributed by atoms with Gasteiger partial charge in [-0.25, -0.2) is 4.99 Å². The molecule has 19 heavy (non-hydrogen) atoms. The highest BCUT2D eigenvalue weighted by Gasteiger charge is 2.30. The maximum atomic E-state index is 12.3. The van der Waals surface area contributed by atoms with Gasteiger partial charge in [0.15, 0.2) is 5.84 Å². The molecule has 0 unspecified atom stereocenters. The van der Waals surface area contributed by atoms with E-state index >= 15 is 0 Å². The molecule has 3 rings (SSSR count). The van der Waals surface area contributed by atoms with E-state index in [1.807, 2.05) is 0 Å². The van der Waals surface area contributed by atoms with E-state index in [0.29, 0.717) is 16.6 Å². The van der Waals surface area contributed by atoms with Crippen molar-refractivity contribution >= 4 is 35.3 Å². The smallest absolute Gasteiger partial charge is 0.267 e. The third-order valence-electron chi connectivity index (χ3n) is 2.65. The van der Waals surface area contributed by atoms with Crippen molar-refractivity contribution in [2.24, 2.45) is 4.99 Å². The summed E-state index contributed by atoms with van der Waals surface area (Å²) >= 11 is 5.86. The van der Waals surface area contributed by atoms with E-state index in [9.17, 15) is 4.79 Å². The molecule has 2 aliphatic heterocycles. The Labute approximate surface area is 113 Å². The lowest BCUT2D eigenvalue weighted by Gasteiger charge is -2.26. The number of amidine groups is 2. The molecule has 2 aliphatic rings. The van der Waals surface area contributed by atoms with Gasteiger partial charge in [-0.1, -0.05) is 11.6 Å². The number of aliphatic imine (C=N–C) groups is 1. The van der Waals surface area contributed by atoms with Crippen LogP contribution >= 0.6 is 11.6 Å². The number of nitrogens with zero attached hydrogens (tertiary/aromatic N) is 2. The number of carbonyl (C=O) groups excluding carboxylic acids is 1. The monoisotopic (exact) mass is 273 g/mol. The molecule has 1 amide bonds. The quantitative estimate of drug-likeness (QED) is 0.799. The number of nitrogens with one attached hydrogen (secondary N) is 1. The van der Waals surface area contributed by atoms with Crippen LogP contribution in [0.2, 0.25) is 0 Å². The van der Waals surface area contributed by atoms with Crippen molar-refractivity contribution in [2.75, 3.05) is 0 Å². The zero-order chi connectivity index (χ0) is 13.4. The van der Waals surface area contributed by atoms with Crippen molar-refractivity contribution in [3.8, 4) is 0 Å². The minimum Gasteiger partial charge on any atom is -0.465 e.